The Morgan fingerprint density at radius 1 is 1.38 bits per heavy atom. The molecule has 0 saturated heterocycles. The SMILES string of the molecule is CCN(CC(N)=O)CC(=O)COC. The highest BCUT2D eigenvalue weighted by Gasteiger charge is 2.10. The van der Waals surface area contributed by atoms with Crippen molar-refractivity contribution in [2.75, 3.05) is 33.4 Å². The van der Waals surface area contributed by atoms with Gasteiger partial charge in [0.25, 0.3) is 0 Å². The average Bonchev–Trinajstić information content (AvgIpc) is 2.02. The maximum Gasteiger partial charge on any atom is 0.231 e. The number of hydrogen-bond acceptors (Lipinski definition) is 4. The summed E-state index contributed by atoms with van der Waals surface area (Å²) in [5.41, 5.74) is 5.00. The number of carbonyl (C=O) groups is 2. The number of nitrogens with two attached hydrogens (primary N) is 1. The second-order valence-corrected chi connectivity index (χ2v) is 2.74. The lowest BCUT2D eigenvalue weighted by molar-refractivity contribution is -0.125. The summed E-state index contributed by atoms with van der Waals surface area (Å²) < 4.78 is 4.66. The molecule has 5 nitrogen and oxygen atoms in total. The molecule has 0 fully saturated rings. The van der Waals surface area contributed by atoms with E-state index >= 15 is 0 Å². The number of ketones is 1. The Morgan fingerprint density at radius 2 is 2.00 bits per heavy atom. The van der Waals surface area contributed by atoms with Crippen LogP contribution in [0.15, 0.2) is 0 Å². The van der Waals surface area contributed by atoms with E-state index in [-0.39, 0.29) is 25.5 Å². The molecule has 2 N–H and O–H groups in total. The largest absolute Gasteiger partial charge is 0.377 e. The first-order valence-electron chi connectivity index (χ1n) is 4.11. The zero-order valence-corrected chi connectivity index (χ0v) is 8.08. The number of methoxy groups -OCH3 is 1. The summed E-state index contributed by atoms with van der Waals surface area (Å²) >= 11 is 0. The molecular weight excluding hydrogens is 172 g/mol. The molecule has 5 heteroatoms. The van der Waals surface area contributed by atoms with Crippen molar-refractivity contribution in [3.05, 3.63) is 0 Å². The molecule has 0 aromatic rings. The van der Waals surface area contributed by atoms with Gasteiger partial charge in [0, 0.05) is 7.11 Å². The van der Waals surface area contributed by atoms with Crippen LogP contribution in [0, 0.1) is 0 Å². The van der Waals surface area contributed by atoms with Crippen LogP contribution in [0.4, 0.5) is 0 Å². The first-order chi connectivity index (χ1) is 6.10. The van der Waals surface area contributed by atoms with E-state index in [4.69, 9.17) is 5.73 Å². The highest BCUT2D eigenvalue weighted by Crippen LogP contribution is 1.88. The number of amides is 1. The van der Waals surface area contributed by atoms with Gasteiger partial charge in [-0.3, -0.25) is 14.5 Å². The number of rotatable bonds is 7. The van der Waals surface area contributed by atoms with Gasteiger partial charge in [-0.2, -0.15) is 0 Å². The van der Waals surface area contributed by atoms with Crippen molar-refractivity contribution in [3.8, 4) is 0 Å². The summed E-state index contributed by atoms with van der Waals surface area (Å²) in [6.07, 6.45) is 0. The molecule has 13 heavy (non-hydrogen) atoms. The molecule has 0 spiro atoms. The van der Waals surface area contributed by atoms with Crippen molar-refractivity contribution in [1.82, 2.24) is 4.90 Å². The van der Waals surface area contributed by atoms with E-state index < -0.39 is 5.91 Å². The predicted molar refractivity (Wildman–Crippen MR) is 48.2 cm³/mol. The van der Waals surface area contributed by atoms with E-state index in [2.05, 4.69) is 4.74 Å². The maximum atomic E-state index is 11.1. The van der Waals surface area contributed by atoms with Crippen LogP contribution < -0.4 is 5.73 Å². The standard InChI is InChI=1S/C8H16N2O3/c1-3-10(5-8(9)12)4-7(11)6-13-2/h3-6H2,1-2H3,(H2,9,12). The molecule has 0 radical (unpaired) electrons. The van der Waals surface area contributed by atoms with E-state index in [9.17, 15) is 9.59 Å². The van der Waals surface area contributed by atoms with Gasteiger partial charge in [-0.15, -0.1) is 0 Å². The first-order valence-corrected chi connectivity index (χ1v) is 4.11. The minimum Gasteiger partial charge on any atom is -0.377 e. The van der Waals surface area contributed by atoms with Crippen LogP contribution in [0.5, 0.6) is 0 Å². The van der Waals surface area contributed by atoms with E-state index in [0.29, 0.717) is 6.54 Å². The third-order valence-corrected chi connectivity index (χ3v) is 1.53. The van der Waals surface area contributed by atoms with E-state index in [1.54, 1.807) is 4.90 Å². The molecule has 0 aliphatic rings. The molecule has 0 heterocycles. The molecule has 0 aromatic heterocycles. The van der Waals surface area contributed by atoms with Crippen molar-refractivity contribution < 1.29 is 14.3 Å². The lowest BCUT2D eigenvalue weighted by atomic mass is 10.3. The van der Waals surface area contributed by atoms with Gasteiger partial charge >= 0.3 is 0 Å². The second-order valence-electron chi connectivity index (χ2n) is 2.74. The Balaban J connectivity index is 3.83. The number of likely N-dealkylation sites (N-methyl/N-ethyl adjacent to an activating group) is 1. The molecule has 0 rings (SSSR count). The van der Waals surface area contributed by atoms with Gasteiger partial charge in [-0.25, -0.2) is 0 Å². The average molecular weight is 188 g/mol. The van der Waals surface area contributed by atoms with Crippen LogP contribution >= 0.6 is 0 Å². The number of nitrogens with zero attached hydrogens (tertiary/aromatic N) is 1. The number of hydrogen-bond donors (Lipinski definition) is 1. The van der Waals surface area contributed by atoms with Crippen LogP contribution in [0.3, 0.4) is 0 Å². The molecule has 0 saturated carbocycles. The van der Waals surface area contributed by atoms with Gasteiger partial charge < -0.3 is 10.5 Å². The van der Waals surface area contributed by atoms with Crippen LogP contribution in [-0.4, -0.2) is 49.9 Å². The summed E-state index contributed by atoms with van der Waals surface area (Å²) in [6.45, 7) is 2.90. The quantitative estimate of drug-likeness (QED) is 0.556. The first kappa shape index (κ1) is 12.1. The van der Waals surface area contributed by atoms with Gasteiger partial charge in [0.15, 0.2) is 5.78 Å². The van der Waals surface area contributed by atoms with Crippen molar-refractivity contribution in [2.45, 2.75) is 6.92 Å². The van der Waals surface area contributed by atoms with Gasteiger partial charge in [0.1, 0.15) is 6.61 Å². The minimum absolute atomic E-state index is 0.0504. The molecule has 0 atom stereocenters. The summed E-state index contributed by atoms with van der Waals surface area (Å²) in [5, 5.41) is 0. The fourth-order valence-corrected chi connectivity index (χ4v) is 0.956. The molecular formula is C8H16N2O3. The summed E-state index contributed by atoms with van der Waals surface area (Å²) in [4.78, 5) is 23.3. The molecule has 1 amide bonds. The Kier molecular flexibility index (Phi) is 6.09. The third kappa shape index (κ3) is 6.24. The van der Waals surface area contributed by atoms with Crippen molar-refractivity contribution in [3.63, 3.8) is 0 Å². The smallest absolute Gasteiger partial charge is 0.231 e. The topological polar surface area (TPSA) is 72.6 Å². The van der Waals surface area contributed by atoms with Crippen molar-refractivity contribution in [1.29, 1.82) is 0 Å². The van der Waals surface area contributed by atoms with E-state index in [0.717, 1.165) is 0 Å². The molecule has 76 valence electrons. The van der Waals surface area contributed by atoms with Crippen molar-refractivity contribution >= 4 is 11.7 Å². The Hall–Kier alpha value is -0.940. The molecule has 0 unspecified atom stereocenters. The summed E-state index contributed by atoms with van der Waals surface area (Å²) in [7, 11) is 1.46. The van der Waals surface area contributed by atoms with Crippen LogP contribution in [0.25, 0.3) is 0 Å². The van der Waals surface area contributed by atoms with Gasteiger partial charge in [-0.1, -0.05) is 6.92 Å². The fraction of sp³-hybridized carbons (Fsp3) is 0.750. The fourth-order valence-electron chi connectivity index (χ4n) is 0.956. The Bertz CT molecular complexity index is 182. The van der Waals surface area contributed by atoms with Gasteiger partial charge in [-0.05, 0) is 6.54 Å². The lowest BCUT2D eigenvalue weighted by Crippen LogP contribution is -2.38. The Morgan fingerprint density at radius 3 is 2.38 bits per heavy atom. The minimum atomic E-state index is -0.424. The number of carbonyl (C=O) groups excluding carboxylic acids is 2. The summed E-state index contributed by atoms with van der Waals surface area (Å²) in [6, 6.07) is 0. The van der Waals surface area contributed by atoms with E-state index in [1.165, 1.54) is 7.11 Å². The highest BCUT2D eigenvalue weighted by molar-refractivity contribution is 5.82. The number of primary amides is 1. The normalized spacial score (nSPS) is 10.4. The lowest BCUT2D eigenvalue weighted by Gasteiger charge is -2.16. The zero-order valence-electron chi connectivity index (χ0n) is 8.08. The molecule has 0 bridgehead atoms. The molecule has 0 aliphatic heterocycles. The number of ether oxygens (including phenoxy) is 1. The maximum absolute atomic E-state index is 11.1. The zero-order chi connectivity index (χ0) is 10.3. The predicted octanol–water partition coefficient (Wildman–Crippen LogP) is -0.991. The Labute approximate surface area is 77.8 Å². The highest BCUT2D eigenvalue weighted by atomic mass is 16.5. The number of Topliss-reactive ketones (excluding diaryl/α,β-unsaturated/α-hetero) is 1. The monoisotopic (exact) mass is 188 g/mol. The van der Waals surface area contributed by atoms with Gasteiger partial charge in [0.05, 0.1) is 13.1 Å². The van der Waals surface area contributed by atoms with Crippen LogP contribution in [0.1, 0.15) is 6.92 Å². The molecule has 0 aliphatic carbocycles. The summed E-state index contributed by atoms with van der Waals surface area (Å²) in [5.74, 6) is -0.474. The van der Waals surface area contributed by atoms with E-state index in [1.807, 2.05) is 6.92 Å². The third-order valence-electron chi connectivity index (χ3n) is 1.53. The van der Waals surface area contributed by atoms with Crippen LogP contribution in [-0.2, 0) is 14.3 Å². The van der Waals surface area contributed by atoms with Crippen molar-refractivity contribution in [2.24, 2.45) is 5.73 Å². The van der Waals surface area contributed by atoms with Crippen LogP contribution in [0.2, 0.25) is 0 Å². The molecule has 0 aromatic carbocycles. The van der Waals surface area contributed by atoms with Gasteiger partial charge in [0.2, 0.25) is 5.91 Å². The second kappa shape index (κ2) is 6.56.